The van der Waals surface area contributed by atoms with Gasteiger partial charge in [-0.3, -0.25) is 9.59 Å². The molecule has 1 heterocycles. The van der Waals surface area contributed by atoms with Crippen LogP contribution < -0.4 is 5.32 Å². The number of aromatic nitrogens is 2. The molecule has 6 heteroatoms. The molecule has 6 nitrogen and oxygen atoms in total. The Labute approximate surface area is 209 Å². The van der Waals surface area contributed by atoms with Gasteiger partial charge in [0.1, 0.15) is 12.4 Å². The molecule has 1 aromatic heterocycles. The van der Waals surface area contributed by atoms with Crippen molar-refractivity contribution in [3.63, 3.8) is 0 Å². The van der Waals surface area contributed by atoms with Crippen LogP contribution in [0, 0.1) is 12.3 Å². The van der Waals surface area contributed by atoms with Gasteiger partial charge in [0.05, 0.1) is 11.4 Å². The maximum absolute atomic E-state index is 13.2. The van der Waals surface area contributed by atoms with Crippen molar-refractivity contribution in [2.24, 2.45) is 5.41 Å². The average molecular weight is 475 g/mol. The number of nitrogens with zero attached hydrogens (tertiary/aromatic N) is 3. The quantitative estimate of drug-likeness (QED) is 0.465. The summed E-state index contributed by atoms with van der Waals surface area (Å²) in [5, 5.41) is 7.80. The number of carbonyl (C=O) groups is 2. The number of nitrogens with one attached hydrogen (secondary N) is 1. The summed E-state index contributed by atoms with van der Waals surface area (Å²) in [6.45, 7) is 14.7. The molecule has 0 atom stereocenters. The number of anilines is 1. The van der Waals surface area contributed by atoms with E-state index in [1.54, 1.807) is 9.58 Å². The van der Waals surface area contributed by atoms with Crippen LogP contribution in [0.25, 0.3) is 5.69 Å². The van der Waals surface area contributed by atoms with Crippen molar-refractivity contribution in [2.75, 3.05) is 11.9 Å². The second-order valence-corrected chi connectivity index (χ2v) is 11.4. The fourth-order valence-electron chi connectivity index (χ4n) is 3.68. The van der Waals surface area contributed by atoms with Gasteiger partial charge in [-0.2, -0.15) is 5.10 Å². The first kappa shape index (κ1) is 26.2. The van der Waals surface area contributed by atoms with E-state index in [0.717, 1.165) is 22.5 Å². The molecule has 3 aromatic rings. The number of rotatable bonds is 7. The van der Waals surface area contributed by atoms with Gasteiger partial charge >= 0.3 is 0 Å². The molecule has 0 bridgehead atoms. The van der Waals surface area contributed by atoms with Crippen LogP contribution in [0.4, 0.5) is 5.82 Å². The van der Waals surface area contributed by atoms with E-state index in [-0.39, 0.29) is 29.2 Å². The average Bonchev–Trinajstić information content (AvgIpc) is 3.17. The monoisotopic (exact) mass is 474 g/mol. The van der Waals surface area contributed by atoms with Gasteiger partial charge in [0.25, 0.3) is 0 Å². The highest BCUT2D eigenvalue weighted by atomic mass is 16.2. The van der Waals surface area contributed by atoms with Gasteiger partial charge in [-0.15, -0.1) is 0 Å². The molecule has 0 spiro atoms. The molecule has 186 valence electrons. The molecule has 35 heavy (non-hydrogen) atoms. The highest BCUT2D eigenvalue weighted by Crippen LogP contribution is 2.27. The number of benzene rings is 2. The number of aryl methyl sites for hydroxylation is 1. The van der Waals surface area contributed by atoms with E-state index in [0.29, 0.717) is 18.8 Å². The maximum Gasteiger partial charge on any atom is 0.245 e. The lowest BCUT2D eigenvalue weighted by Gasteiger charge is -2.26. The predicted molar refractivity (Wildman–Crippen MR) is 142 cm³/mol. The Hall–Kier alpha value is -3.41. The van der Waals surface area contributed by atoms with E-state index in [1.165, 1.54) is 0 Å². The highest BCUT2D eigenvalue weighted by Gasteiger charge is 2.25. The molecule has 2 aromatic carbocycles. The van der Waals surface area contributed by atoms with Gasteiger partial charge in [0.15, 0.2) is 0 Å². The minimum absolute atomic E-state index is 0.0340. The normalized spacial score (nSPS) is 11.9. The molecule has 0 aliphatic rings. The Morgan fingerprint density at radius 1 is 0.943 bits per heavy atom. The Morgan fingerprint density at radius 3 is 2.14 bits per heavy atom. The standard InChI is InChI=1S/C29H38N4O2/c1-21-13-15-23(16-14-21)33-25(17-24(31-33)29(5,6)7)30-26(34)20-32(27(35)18-28(2,3)4)19-22-11-9-8-10-12-22/h8-17H,18-20H2,1-7H3,(H,30,34). The van der Waals surface area contributed by atoms with Gasteiger partial charge in [-0.25, -0.2) is 4.68 Å². The summed E-state index contributed by atoms with van der Waals surface area (Å²) in [6.07, 6.45) is 0.364. The second kappa shape index (κ2) is 10.5. The molecule has 0 aliphatic heterocycles. The Morgan fingerprint density at radius 2 is 1.57 bits per heavy atom. The molecule has 0 unspecified atom stereocenters. The van der Waals surface area contributed by atoms with E-state index in [2.05, 4.69) is 26.1 Å². The molecular formula is C29H38N4O2. The van der Waals surface area contributed by atoms with Crippen LogP contribution in [0.5, 0.6) is 0 Å². The van der Waals surface area contributed by atoms with Crippen molar-refractivity contribution in [3.05, 3.63) is 77.5 Å². The third kappa shape index (κ3) is 7.54. The van der Waals surface area contributed by atoms with Gasteiger partial charge in [-0.1, -0.05) is 89.6 Å². The summed E-state index contributed by atoms with van der Waals surface area (Å²) in [6, 6.07) is 19.7. The minimum atomic E-state index is -0.253. The fraction of sp³-hybridized carbons (Fsp3) is 0.414. The molecule has 0 fully saturated rings. The lowest BCUT2D eigenvalue weighted by atomic mass is 9.91. The van der Waals surface area contributed by atoms with Gasteiger partial charge in [-0.05, 0) is 30.0 Å². The second-order valence-electron chi connectivity index (χ2n) is 11.4. The van der Waals surface area contributed by atoms with Crippen molar-refractivity contribution in [1.29, 1.82) is 0 Å². The molecule has 3 rings (SSSR count). The molecule has 1 N–H and O–H groups in total. The first-order valence-corrected chi connectivity index (χ1v) is 12.1. The zero-order valence-corrected chi connectivity index (χ0v) is 22.1. The maximum atomic E-state index is 13.2. The highest BCUT2D eigenvalue weighted by molar-refractivity contribution is 5.94. The zero-order valence-electron chi connectivity index (χ0n) is 22.1. The van der Waals surface area contributed by atoms with Crippen molar-refractivity contribution in [2.45, 2.75) is 66.8 Å². The van der Waals surface area contributed by atoms with Crippen LogP contribution in [-0.2, 0) is 21.5 Å². The van der Waals surface area contributed by atoms with Gasteiger partial charge in [0, 0.05) is 24.4 Å². The number of hydrogen-bond donors (Lipinski definition) is 1. The zero-order chi connectivity index (χ0) is 25.8. The number of hydrogen-bond acceptors (Lipinski definition) is 3. The van der Waals surface area contributed by atoms with E-state index < -0.39 is 0 Å². The van der Waals surface area contributed by atoms with Crippen LogP contribution in [-0.4, -0.2) is 33.0 Å². The summed E-state index contributed by atoms with van der Waals surface area (Å²) in [7, 11) is 0. The topological polar surface area (TPSA) is 67.2 Å². The molecule has 2 amide bonds. The molecule has 0 saturated carbocycles. The fourth-order valence-corrected chi connectivity index (χ4v) is 3.68. The molecule has 0 radical (unpaired) electrons. The first-order valence-electron chi connectivity index (χ1n) is 12.1. The molecule has 0 saturated heterocycles. The van der Waals surface area contributed by atoms with E-state index in [9.17, 15) is 9.59 Å². The van der Waals surface area contributed by atoms with Gasteiger partial charge in [0.2, 0.25) is 11.8 Å². The Kier molecular flexibility index (Phi) is 7.83. The number of amides is 2. The third-order valence-electron chi connectivity index (χ3n) is 5.61. The lowest BCUT2D eigenvalue weighted by molar-refractivity contribution is -0.136. The lowest BCUT2D eigenvalue weighted by Crippen LogP contribution is -2.39. The summed E-state index contributed by atoms with van der Waals surface area (Å²) in [5.74, 6) is 0.294. The van der Waals surface area contributed by atoms with Crippen molar-refractivity contribution in [3.8, 4) is 5.69 Å². The van der Waals surface area contributed by atoms with Crippen LogP contribution in [0.15, 0.2) is 60.7 Å². The van der Waals surface area contributed by atoms with Crippen molar-refractivity contribution in [1.82, 2.24) is 14.7 Å². The minimum Gasteiger partial charge on any atom is -0.329 e. The molecular weight excluding hydrogens is 436 g/mol. The largest absolute Gasteiger partial charge is 0.329 e. The van der Waals surface area contributed by atoms with E-state index in [1.807, 2.05) is 88.4 Å². The number of carbonyl (C=O) groups excluding carboxylic acids is 2. The molecule has 0 aliphatic carbocycles. The van der Waals surface area contributed by atoms with Crippen LogP contribution in [0.1, 0.15) is 64.8 Å². The Bertz CT molecular complexity index is 1150. The van der Waals surface area contributed by atoms with Crippen molar-refractivity contribution >= 4 is 17.6 Å². The van der Waals surface area contributed by atoms with E-state index in [4.69, 9.17) is 5.10 Å². The smallest absolute Gasteiger partial charge is 0.245 e. The van der Waals surface area contributed by atoms with Gasteiger partial charge < -0.3 is 10.2 Å². The van der Waals surface area contributed by atoms with Crippen LogP contribution in [0.3, 0.4) is 0 Å². The first-order chi connectivity index (χ1) is 16.3. The summed E-state index contributed by atoms with van der Waals surface area (Å²) >= 11 is 0. The summed E-state index contributed by atoms with van der Waals surface area (Å²) < 4.78 is 1.76. The third-order valence-corrected chi connectivity index (χ3v) is 5.61. The van der Waals surface area contributed by atoms with Crippen LogP contribution in [0.2, 0.25) is 0 Å². The van der Waals surface area contributed by atoms with E-state index >= 15 is 0 Å². The Balaban J connectivity index is 1.86. The van der Waals surface area contributed by atoms with Crippen LogP contribution >= 0.6 is 0 Å². The van der Waals surface area contributed by atoms with Crippen molar-refractivity contribution < 1.29 is 9.59 Å². The summed E-state index contributed by atoms with van der Waals surface area (Å²) in [5.41, 5.74) is 3.52. The SMILES string of the molecule is Cc1ccc(-n2nc(C(C)(C)C)cc2NC(=O)CN(Cc2ccccc2)C(=O)CC(C)(C)C)cc1. The summed E-state index contributed by atoms with van der Waals surface area (Å²) in [4.78, 5) is 28.0. The predicted octanol–water partition coefficient (Wildman–Crippen LogP) is 5.88.